The minimum Gasteiger partial charge on any atom is -0.461 e. The number of carbonyl (C=O) groups excluding carboxylic acids is 1. The fourth-order valence-electron chi connectivity index (χ4n) is 0.506. The first-order valence-electron chi connectivity index (χ1n) is 4.10. The number of ether oxygens (including phenoxy) is 1. The van der Waals surface area contributed by atoms with Crippen molar-refractivity contribution in [1.29, 1.82) is 0 Å². The van der Waals surface area contributed by atoms with Gasteiger partial charge in [-0.05, 0) is 14.0 Å². The quantitative estimate of drug-likeness (QED) is 0.400. The summed E-state index contributed by atoms with van der Waals surface area (Å²) < 4.78 is 30.7. The fourth-order valence-corrected chi connectivity index (χ4v) is 1.07. The minimum absolute atomic E-state index is 0.235. The molecule has 0 rings (SSSR count). The van der Waals surface area contributed by atoms with Crippen LogP contribution in [0.25, 0.3) is 0 Å². The Morgan fingerprint density at radius 3 is 2.33 bits per heavy atom. The van der Waals surface area contributed by atoms with E-state index in [4.69, 9.17) is 0 Å². The lowest BCUT2D eigenvalue weighted by Crippen LogP contribution is -2.25. The van der Waals surface area contributed by atoms with E-state index >= 15 is 0 Å². The maximum Gasteiger partial charge on any atom is 0.330 e. The Balaban J connectivity index is 0. The highest BCUT2D eigenvalue weighted by atomic mass is 32.2. The van der Waals surface area contributed by atoms with Gasteiger partial charge in [0.05, 0.1) is 7.11 Å². The van der Waals surface area contributed by atoms with Gasteiger partial charge in [0, 0.05) is 6.08 Å². The van der Waals surface area contributed by atoms with E-state index < -0.39 is 21.3 Å². The first kappa shape index (κ1) is 16.5. The predicted octanol–water partition coefficient (Wildman–Crippen LogP) is -0.345. The van der Waals surface area contributed by atoms with Crippen LogP contribution in [0.3, 0.4) is 0 Å². The number of carbonyl (C=O) groups is 1. The molecule has 0 fully saturated rings. The van der Waals surface area contributed by atoms with Crippen LogP contribution in [-0.2, 0) is 23.8 Å². The molecule has 0 aromatic heterocycles. The molecule has 1 atom stereocenters. The number of hydrogen-bond acceptors (Lipinski definition) is 6. The van der Waals surface area contributed by atoms with Crippen LogP contribution >= 0.6 is 0 Å². The third-order valence-electron chi connectivity index (χ3n) is 1.35. The van der Waals surface area contributed by atoms with Gasteiger partial charge in [-0.3, -0.25) is 4.18 Å². The molecule has 1 unspecified atom stereocenters. The predicted molar refractivity (Wildman–Crippen MR) is 56.7 cm³/mol. The third-order valence-corrected chi connectivity index (χ3v) is 2.94. The van der Waals surface area contributed by atoms with Gasteiger partial charge >= 0.3 is 5.97 Å². The number of rotatable bonds is 5. The molecule has 0 spiro atoms. The van der Waals surface area contributed by atoms with Gasteiger partial charge in [0.2, 0.25) is 0 Å². The van der Waals surface area contributed by atoms with Gasteiger partial charge in [-0.1, -0.05) is 6.58 Å². The van der Waals surface area contributed by atoms with Crippen molar-refractivity contribution in [3.63, 3.8) is 0 Å². The lowest BCUT2D eigenvalue weighted by atomic mass is 10.5. The molecule has 6 nitrogen and oxygen atoms in total. The molecular weight excluding hydrogens is 222 g/mol. The van der Waals surface area contributed by atoms with Gasteiger partial charge in [-0.2, -0.15) is 8.42 Å². The van der Waals surface area contributed by atoms with Crippen LogP contribution in [0.1, 0.15) is 6.92 Å². The van der Waals surface area contributed by atoms with Gasteiger partial charge < -0.3 is 10.5 Å². The summed E-state index contributed by atoms with van der Waals surface area (Å²) in [5.41, 5.74) is 4.50. The topological polar surface area (TPSA) is 95.7 Å². The molecule has 0 aliphatic carbocycles. The Hall–Kier alpha value is -0.920. The van der Waals surface area contributed by atoms with Crippen molar-refractivity contribution >= 4 is 16.1 Å². The van der Waals surface area contributed by atoms with Crippen molar-refractivity contribution in [2.24, 2.45) is 5.73 Å². The number of hydrogen-bond donors (Lipinski definition) is 1. The van der Waals surface area contributed by atoms with Gasteiger partial charge in [0.1, 0.15) is 11.9 Å². The maximum absolute atomic E-state index is 11.0. The molecule has 0 saturated carbocycles. The summed E-state index contributed by atoms with van der Waals surface area (Å²) in [5, 5.41) is -0.874. The van der Waals surface area contributed by atoms with Crippen molar-refractivity contribution in [2.45, 2.75) is 12.2 Å². The smallest absolute Gasteiger partial charge is 0.330 e. The maximum atomic E-state index is 11.0. The Labute approximate surface area is 90.2 Å². The van der Waals surface area contributed by atoms with Crippen molar-refractivity contribution in [1.82, 2.24) is 0 Å². The van der Waals surface area contributed by atoms with Crippen molar-refractivity contribution in [3.05, 3.63) is 12.7 Å². The standard InChI is InChI=1S/C7H12O5S.CH5N/c1-4-7(8)12-5-6(2)13(9,10)11-3;1-2/h4,6H,1,5H2,2-3H3;2H2,1H3. The second-order valence-corrected chi connectivity index (χ2v) is 4.43. The van der Waals surface area contributed by atoms with Crippen LogP contribution < -0.4 is 5.73 Å². The molecular formula is C8H17NO5S. The Kier molecular flexibility index (Phi) is 9.24. The molecule has 0 radical (unpaired) electrons. The molecule has 0 bridgehead atoms. The SMILES string of the molecule is C=CC(=O)OCC(C)S(=O)(=O)OC.CN. The van der Waals surface area contributed by atoms with Crippen LogP contribution in [0.2, 0.25) is 0 Å². The average Bonchev–Trinajstić information content (AvgIpc) is 2.27. The molecule has 90 valence electrons. The van der Waals surface area contributed by atoms with Gasteiger partial charge in [-0.15, -0.1) is 0 Å². The van der Waals surface area contributed by atoms with Crippen molar-refractivity contribution in [2.75, 3.05) is 20.8 Å². The van der Waals surface area contributed by atoms with E-state index in [9.17, 15) is 13.2 Å². The third kappa shape index (κ3) is 7.06. The van der Waals surface area contributed by atoms with E-state index in [1.807, 2.05) is 0 Å². The molecule has 0 heterocycles. The largest absolute Gasteiger partial charge is 0.461 e. The Bertz CT molecular complexity index is 285. The summed E-state index contributed by atoms with van der Waals surface area (Å²) in [6.07, 6.45) is 0.964. The van der Waals surface area contributed by atoms with Crippen LogP contribution in [0.4, 0.5) is 0 Å². The molecule has 7 heteroatoms. The summed E-state index contributed by atoms with van der Waals surface area (Å²) in [7, 11) is -1.06. The highest BCUT2D eigenvalue weighted by molar-refractivity contribution is 7.87. The fraction of sp³-hybridized carbons (Fsp3) is 0.625. The Morgan fingerprint density at radius 1 is 1.53 bits per heavy atom. The molecule has 0 aromatic carbocycles. The highest BCUT2D eigenvalue weighted by Gasteiger charge is 2.21. The van der Waals surface area contributed by atoms with Crippen molar-refractivity contribution < 1.29 is 22.1 Å². The molecule has 0 amide bonds. The van der Waals surface area contributed by atoms with Crippen LogP contribution in [0, 0.1) is 0 Å². The summed E-state index contributed by atoms with van der Waals surface area (Å²) in [4.78, 5) is 10.6. The zero-order valence-corrected chi connectivity index (χ0v) is 9.91. The summed E-state index contributed by atoms with van der Waals surface area (Å²) in [5.74, 6) is -0.654. The van der Waals surface area contributed by atoms with E-state index in [0.717, 1.165) is 13.2 Å². The highest BCUT2D eigenvalue weighted by Crippen LogP contribution is 2.02. The summed E-state index contributed by atoms with van der Waals surface area (Å²) >= 11 is 0. The minimum atomic E-state index is -3.61. The summed E-state index contributed by atoms with van der Waals surface area (Å²) in [6, 6.07) is 0. The first-order valence-corrected chi connectivity index (χ1v) is 5.57. The van der Waals surface area contributed by atoms with Gasteiger partial charge in [0.25, 0.3) is 10.1 Å². The normalized spacial score (nSPS) is 12.0. The van der Waals surface area contributed by atoms with E-state index in [0.29, 0.717) is 0 Å². The second kappa shape index (κ2) is 8.39. The van der Waals surface area contributed by atoms with E-state index in [1.165, 1.54) is 14.0 Å². The molecule has 2 N–H and O–H groups in total. The van der Waals surface area contributed by atoms with Crippen molar-refractivity contribution in [3.8, 4) is 0 Å². The van der Waals surface area contributed by atoms with Gasteiger partial charge in [-0.25, -0.2) is 4.79 Å². The zero-order chi connectivity index (χ0) is 12.5. The lowest BCUT2D eigenvalue weighted by molar-refractivity contribution is -0.137. The van der Waals surface area contributed by atoms with Crippen LogP contribution in [0.5, 0.6) is 0 Å². The molecule has 0 aliphatic heterocycles. The molecule has 0 aliphatic rings. The van der Waals surface area contributed by atoms with Crippen LogP contribution in [0.15, 0.2) is 12.7 Å². The molecule has 0 saturated heterocycles. The zero-order valence-electron chi connectivity index (χ0n) is 9.10. The molecule has 0 aromatic rings. The van der Waals surface area contributed by atoms with Gasteiger partial charge in [0.15, 0.2) is 0 Å². The monoisotopic (exact) mass is 239 g/mol. The average molecular weight is 239 g/mol. The molecule has 15 heavy (non-hydrogen) atoms. The van der Waals surface area contributed by atoms with Crippen LogP contribution in [-0.4, -0.2) is 40.4 Å². The van der Waals surface area contributed by atoms with E-state index in [-0.39, 0.29) is 6.61 Å². The summed E-state index contributed by atoms with van der Waals surface area (Å²) in [6.45, 7) is 4.31. The van der Waals surface area contributed by atoms with E-state index in [2.05, 4.69) is 21.2 Å². The second-order valence-electron chi connectivity index (χ2n) is 2.30. The first-order chi connectivity index (χ1) is 6.94. The lowest BCUT2D eigenvalue weighted by Gasteiger charge is -2.09. The Morgan fingerprint density at radius 2 is 2.00 bits per heavy atom. The van der Waals surface area contributed by atoms with E-state index in [1.54, 1.807) is 0 Å². The number of nitrogens with two attached hydrogens (primary N) is 1. The number of esters is 1.